The minimum absolute atomic E-state index is 0.0494. The molecule has 128 valence electrons. The standard InChI is InChI=1S/C16H17Cl2N3O3/c1-10(13-5-4-11(17)7-14(13)18)19-9-15(22)21-16(23)20-8-12-3-2-6-24-12/h2-7,10,19H,8-9H2,1H3,(H2,20,21,22,23)/p+1/t10-/m1/s1. The molecule has 4 N–H and O–H groups in total. The van der Waals surface area contributed by atoms with E-state index in [4.69, 9.17) is 27.6 Å². The van der Waals surface area contributed by atoms with Crippen LogP contribution in [-0.4, -0.2) is 18.5 Å². The molecule has 1 aromatic heterocycles. The molecule has 0 saturated heterocycles. The number of halogens is 2. The van der Waals surface area contributed by atoms with Crippen molar-refractivity contribution < 1.29 is 19.3 Å². The van der Waals surface area contributed by atoms with Crippen molar-refractivity contribution in [1.82, 2.24) is 10.6 Å². The van der Waals surface area contributed by atoms with Gasteiger partial charge in [-0.3, -0.25) is 10.1 Å². The second-order valence-corrected chi connectivity index (χ2v) is 6.05. The van der Waals surface area contributed by atoms with E-state index < -0.39 is 11.9 Å². The van der Waals surface area contributed by atoms with Gasteiger partial charge in [0.15, 0.2) is 6.54 Å². The fraction of sp³-hybridized carbons (Fsp3) is 0.250. The average Bonchev–Trinajstić information content (AvgIpc) is 3.04. The van der Waals surface area contributed by atoms with Gasteiger partial charge >= 0.3 is 6.03 Å². The van der Waals surface area contributed by atoms with Crippen molar-refractivity contribution in [2.24, 2.45) is 0 Å². The smallest absolute Gasteiger partial charge is 0.321 e. The topological polar surface area (TPSA) is 88.0 Å². The Labute approximate surface area is 149 Å². The van der Waals surface area contributed by atoms with Crippen LogP contribution in [0.3, 0.4) is 0 Å². The first kappa shape index (κ1) is 18.3. The zero-order chi connectivity index (χ0) is 17.5. The lowest BCUT2D eigenvalue weighted by Gasteiger charge is -2.12. The van der Waals surface area contributed by atoms with E-state index in [-0.39, 0.29) is 19.1 Å². The molecular weight excluding hydrogens is 353 g/mol. The molecule has 0 fully saturated rings. The van der Waals surface area contributed by atoms with Crippen molar-refractivity contribution in [3.05, 3.63) is 58.0 Å². The Morgan fingerprint density at radius 2 is 2.08 bits per heavy atom. The van der Waals surface area contributed by atoms with Crippen LogP contribution in [0.2, 0.25) is 10.0 Å². The first-order valence-corrected chi connectivity index (χ1v) is 8.09. The van der Waals surface area contributed by atoms with Gasteiger partial charge in [0.25, 0.3) is 5.91 Å². The zero-order valence-electron chi connectivity index (χ0n) is 13.0. The highest BCUT2D eigenvalue weighted by molar-refractivity contribution is 6.35. The lowest BCUT2D eigenvalue weighted by Crippen LogP contribution is -2.87. The normalized spacial score (nSPS) is 11.8. The van der Waals surface area contributed by atoms with Crippen LogP contribution < -0.4 is 16.0 Å². The molecule has 3 amide bonds. The molecular formula is C16H18Cl2N3O3+. The number of carbonyl (C=O) groups is 2. The third-order valence-electron chi connectivity index (χ3n) is 3.37. The first-order chi connectivity index (χ1) is 11.5. The fourth-order valence-electron chi connectivity index (χ4n) is 2.08. The predicted octanol–water partition coefficient (Wildman–Crippen LogP) is 2.24. The summed E-state index contributed by atoms with van der Waals surface area (Å²) < 4.78 is 5.08. The maximum atomic E-state index is 11.8. The van der Waals surface area contributed by atoms with E-state index in [0.717, 1.165) is 5.56 Å². The lowest BCUT2D eigenvalue weighted by atomic mass is 10.1. The number of imide groups is 1. The van der Waals surface area contributed by atoms with Crippen LogP contribution in [0.4, 0.5) is 4.79 Å². The molecule has 0 saturated carbocycles. The van der Waals surface area contributed by atoms with Gasteiger partial charge in [-0.05, 0) is 31.2 Å². The number of hydrogen-bond acceptors (Lipinski definition) is 3. The molecule has 6 nitrogen and oxygen atoms in total. The number of furan rings is 1. The van der Waals surface area contributed by atoms with Gasteiger partial charge in [0.1, 0.15) is 11.8 Å². The minimum Gasteiger partial charge on any atom is -0.467 e. The van der Waals surface area contributed by atoms with Gasteiger partial charge in [-0.25, -0.2) is 4.79 Å². The molecule has 2 rings (SSSR count). The lowest BCUT2D eigenvalue weighted by molar-refractivity contribution is -0.682. The van der Waals surface area contributed by atoms with Gasteiger partial charge in [0.2, 0.25) is 0 Å². The monoisotopic (exact) mass is 370 g/mol. The average molecular weight is 371 g/mol. The summed E-state index contributed by atoms with van der Waals surface area (Å²) in [6.07, 6.45) is 1.51. The number of nitrogens with two attached hydrogens (primary N) is 1. The quantitative estimate of drug-likeness (QED) is 0.728. The van der Waals surface area contributed by atoms with Gasteiger partial charge in [-0.15, -0.1) is 0 Å². The molecule has 0 unspecified atom stereocenters. The minimum atomic E-state index is -0.568. The molecule has 0 spiro atoms. The van der Waals surface area contributed by atoms with Crippen molar-refractivity contribution in [1.29, 1.82) is 0 Å². The predicted molar refractivity (Wildman–Crippen MR) is 90.8 cm³/mol. The summed E-state index contributed by atoms with van der Waals surface area (Å²) in [6.45, 7) is 2.22. The highest BCUT2D eigenvalue weighted by Crippen LogP contribution is 2.24. The Hall–Kier alpha value is -2.02. The number of carbonyl (C=O) groups excluding carboxylic acids is 2. The summed E-state index contributed by atoms with van der Waals surface area (Å²) in [4.78, 5) is 23.4. The van der Waals surface area contributed by atoms with E-state index in [1.54, 1.807) is 29.6 Å². The van der Waals surface area contributed by atoms with Gasteiger partial charge in [-0.2, -0.15) is 0 Å². The molecule has 8 heteroatoms. The largest absolute Gasteiger partial charge is 0.467 e. The van der Waals surface area contributed by atoms with E-state index in [1.165, 1.54) is 6.26 Å². The molecule has 24 heavy (non-hydrogen) atoms. The maximum absolute atomic E-state index is 11.8. The van der Waals surface area contributed by atoms with Crippen LogP contribution in [0.5, 0.6) is 0 Å². The Bertz CT molecular complexity index is 705. The van der Waals surface area contributed by atoms with Crippen molar-refractivity contribution >= 4 is 35.1 Å². The van der Waals surface area contributed by atoms with Crippen LogP contribution in [-0.2, 0) is 11.3 Å². The van der Waals surface area contributed by atoms with E-state index >= 15 is 0 Å². The summed E-state index contributed by atoms with van der Waals surface area (Å²) in [5.41, 5.74) is 0.871. The maximum Gasteiger partial charge on any atom is 0.321 e. The third-order valence-corrected chi connectivity index (χ3v) is 3.93. The summed E-state index contributed by atoms with van der Waals surface area (Å²) in [6, 6.07) is 8.06. The molecule has 0 aliphatic carbocycles. The summed E-state index contributed by atoms with van der Waals surface area (Å²) in [5.74, 6) is 0.207. The highest BCUT2D eigenvalue weighted by Gasteiger charge is 2.16. The summed E-state index contributed by atoms with van der Waals surface area (Å²) in [7, 11) is 0. The van der Waals surface area contributed by atoms with Crippen molar-refractivity contribution in [2.45, 2.75) is 19.5 Å². The Balaban J connectivity index is 1.74. The van der Waals surface area contributed by atoms with Crippen LogP contribution >= 0.6 is 23.2 Å². The Morgan fingerprint density at radius 1 is 1.29 bits per heavy atom. The number of rotatable bonds is 6. The van der Waals surface area contributed by atoms with Gasteiger partial charge in [0.05, 0.1) is 17.8 Å². The van der Waals surface area contributed by atoms with Crippen LogP contribution in [0.1, 0.15) is 24.3 Å². The van der Waals surface area contributed by atoms with Crippen LogP contribution in [0.15, 0.2) is 41.0 Å². The summed E-state index contributed by atoms with van der Waals surface area (Å²) >= 11 is 12.0. The molecule has 0 radical (unpaired) electrons. The Kier molecular flexibility index (Phi) is 6.66. The number of nitrogens with one attached hydrogen (secondary N) is 2. The molecule has 1 aromatic carbocycles. The van der Waals surface area contributed by atoms with Crippen molar-refractivity contribution in [3.63, 3.8) is 0 Å². The van der Waals surface area contributed by atoms with Crippen molar-refractivity contribution in [2.75, 3.05) is 6.54 Å². The number of amides is 3. The van der Waals surface area contributed by atoms with Crippen LogP contribution in [0, 0.1) is 0 Å². The van der Waals surface area contributed by atoms with Gasteiger partial charge in [0, 0.05) is 10.6 Å². The summed E-state index contributed by atoms with van der Waals surface area (Å²) in [5, 5.41) is 7.68. The molecule has 0 bridgehead atoms. The van der Waals surface area contributed by atoms with Crippen LogP contribution in [0.25, 0.3) is 0 Å². The molecule has 1 heterocycles. The van der Waals surface area contributed by atoms with Crippen molar-refractivity contribution in [3.8, 4) is 0 Å². The molecule has 0 aliphatic heterocycles. The number of benzene rings is 1. The second kappa shape index (κ2) is 8.73. The highest BCUT2D eigenvalue weighted by atomic mass is 35.5. The number of hydrogen-bond donors (Lipinski definition) is 3. The molecule has 1 atom stereocenters. The van der Waals surface area contributed by atoms with E-state index in [0.29, 0.717) is 15.8 Å². The Morgan fingerprint density at radius 3 is 2.75 bits per heavy atom. The second-order valence-electron chi connectivity index (χ2n) is 5.20. The fourth-order valence-corrected chi connectivity index (χ4v) is 2.66. The third kappa shape index (κ3) is 5.56. The zero-order valence-corrected chi connectivity index (χ0v) is 14.5. The van der Waals surface area contributed by atoms with E-state index in [1.807, 2.05) is 13.0 Å². The van der Waals surface area contributed by atoms with Gasteiger partial charge in [-0.1, -0.05) is 29.3 Å². The number of quaternary nitrogens is 1. The number of urea groups is 1. The van der Waals surface area contributed by atoms with Gasteiger partial charge < -0.3 is 15.1 Å². The van der Waals surface area contributed by atoms with E-state index in [9.17, 15) is 9.59 Å². The first-order valence-electron chi connectivity index (χ1n) is 7.34. The van der Waals surface area contributed by atoms with E-state index in [2.05, 4.69) is 10.6 Å². The SMILES string of the molecule is C[C@@H]([NH2+]CC(=O)NC(=O)NCc1ccco1)c1ccc(Cl)cc1Cl. The molecule has 2 aromatic rings. The molecule has 0 aliphatic rings.